The maximum atomic E-state index is 12.3. The summed E-state index contributed by atoms with van der Waals surface area (Å²) in [4.78, 5) is 24.3. The van der Waals surface area contributed by atoms with Gasteiger partial charge in [-0.3, -0.25) is 20.4 Å². The van der Waals surface area contributed by atoms with Gasteiger partial charge in [-0.1, -0.05) is 18.7 Å². The van der Waals surface area contributed by atoms with E-state index < -0.39 is 17.9 Å². The zero-order valence-electron chi connectivity index (χ0n) is 16.7. The molecule has 158 valence electrons. The topological polar surface area (TPSA) is 107 Å². The van der Waals surface area contributed by atoms with E-state index in [9.17, 15) is 9.59 Å². The highest BCUT2D eigenvalue weighted by atomic mass is 16.6. The molecule has 0 spiro atoms. The zero-order chi connectivity index (χ0) is 21.5. The lowest BCUT2D eigenvalue weighted by Crippen LogP contribution is -2.48. The third kappa shape index (κ3) is 4.93. The Morgan fingerprint density at radius 2 is 1.87 bits per heavy atom. The van der Waals surface area contributed by atoms with E-state index in [-0.39, 0.29) is 13.2 Å². The van der Waals surface area contributed by atoms with Gasteiger partial charge < -0.3 is 24.3 Å². The van der Waals surface area contributed by atoms with Crippen LogP contribution < -0.4 is 35.1 Å². The standard InChI is InChI=1S/C21H23N3O6/c1-13(15-9-8-14(27-2)10-18(15)28-3)23-24-20(25)11-22-21(26)19-12-29-16-6-4-5-7-17(16)30-19/h4-10,19,23H,1,11-12H2,2-3H3,(H,22,26)(H,24,25)/t19-/m1/s1. The van der Waals surface area contributed by atoms with Gasteiger partial charge >= 0.3 is 0 Å². The van der Waals surface area contributed by atoms with E-state index in [1.54, 1.807) is 43.5 Å². The minimum Gasteiger partial charge on any atom is -0.497 e. The molecule has 0 saturated carbocycles. The molecule has 30 heavy (non-hydrogen) atoms. The van der Waals surface area contributed by atoms with Crippen molar-refractivity contribution in [3.8, 4) is 23.0 Å². The van der Waals surface area contributed by atoms with E-state index >= 15 is 0 Å². The molecule has 0 fully saturated rings. The van der Waals surface area contributed by atoms with Crippen LogP contribution >= 0.6 is 0 Å². The number of amides is 2. The number of rotatable bonds is 8. The quantitative estimate of drug-likeness (QED) is 0.559. The van der Waals surface area contributed by atoms with Crippen LogP contribution in [0.1, 0.15) is 5.56 Å². The molecule has 0 bridgehead atoms. The molecule has 3 N–H and O–H groups in total. The van der Waals surface area contributed by atoms with Crippen molar-refractivity contribution in [1.29, 1.82) is 0 Å². The van der Waals surface area contributed by atoms with Gasteiger partial charge in [-0.2, -0.15) is 0 Å². The molecule has 0 aromatic heterocycles. The van der Waals surface area contributed by atoms with Gasteiger partial charge in [-0.05, 0) is 24.3 Å². The molecule has 0 unspecified atom stereocenters. The number of hydrogen-bond donors (Lipinski definition) is 3. The van der Waals surface area contributed by atoms with E-state index in [2.05, 4.69) is 22.7 Å². The molecule has 0 radical (unpaired) electrons. The van der Waals surface area contributed by atoms with E-state index in [1.807, 2.05) is 6.07 Å². The van der Waals surface area contributed by atoms with Crippen molar-refractivity contribution in [2.75, 3.05) is 27.4 Å². The number of hydrazine groups is 1. The molecule has 1 aliphatic rings. The fraction of sp³-hybridized carbons (Fsp3) is 0.238. The van der Waals surface area contributed by atoms with Gasteiger partial charge in [0.2, 0.25) is 6.10 Å². The number of benzene rings is 2. The Morgan fingerprint density at radius 1 is 1.10 bits per heavy atom. The summed E-state index contributed by atoms with van der Waals surface area (Å²) >= 11 is 0. The van der Waals surface area contributed by atoms with Crippen molar-refractivity contribution < 1.29 is 28.5 Å². The molecule has 1 aliphatic heterocycles. The molecule has 2 aromatic rings. The molecule has 0 aliphatic carbocycles. The van der Waals surface area contributed by atoms with Crippen LogP contribution in [0.3, 0.4) is 0 Å². The highest BCUT2D eigenvalue weighted by molar-refractivity contribution is 5.87. The number of ether oxygens (including phenoxy) is 4. The molecule has 2 amide bonds. The summed E-state index contributed by atoms with van der Waals surface area (Å²) in [6, 6.07) is 12.3. The third-order valence-electron chi connectivity index (χ3n) is 4.31. The number of para-hydroxylation sites is 2. The normalized spacial score (nSPS) is 14.3. The average Bonchev–Trinajstić information content (AvgIpc) is 2.80. The monoisotopic (exact) mass is 413 g/mol. The van der Waals surface area contributed by atoms with Crippen molar-refractivity contribution in [3.05, 3.63) is 54.6 Å². The number of methoxy groups -OCH3 is 2. The fourth-order valence-electron chi connectivity index (χ4n) is 2.73. The van der Waals surface area contributed by atoms with Crippen LogP contribution in [0.2, 0.25) is 0 Å². The second-order valence-corrected chi connectivity index (χ2v) is 6.30. The number of carbonyl (C=O) groups excluding carboxylic acids is 2. The van der Waals surface area contributed by atoms with E-state index in [4.69, 9.17) is 18.9 Å². The van der Waals surface area contributed by atoms with Gasteiger partial charge in [0.15, 0.2) is 11.5 Å². The van der Waals surface area contributed by atoms with Gasteiger partial charge in [-0.15, -0.1) is 0 Å². The summed E-state index contributed by atoms with van der Waals surface area (Å²) in [6.45, 7) is 3.70. The maximum absolute atomic E-state index is 12.3. The van der Waals surface area contributed by atoms with E-state index in [0.29, 0.717) is 34.3 Å². The van der Waals surface area contributed by atoms with E-state index in [0.717, 1.165) is 0 Å². The highest BCUT2D eigenvalue weighted by Gasteiger charge is 2.27. The summed E-state index contributed by atoms with van der Waals surface area (Å²) in [5, 5.41) is 2.52. The first-order valence-corrected chi connectivity index (χ1v) is 9.14. The van der Waals surface area contributed by atoms with Crippen LogP contribution in [0.25, 0.3) is 5.70 Å². The number of nitrogens with one attached hydrogen (secondary N) is 3. The van der Waals surface area contributed by atoms with Gasteiger partial charge in [0.05, 0.1) is 26.5 Å². The first kappa shape index (κ1) is 20.8. The average molecular weight is 413 g/mol. The summed E-state index contributed by atoms with van der Waals surface area (Å²) < 4.78 is 21.6. The van der Waals surface area contributed by atoms with Crippen LogP contribution in [0, 0.1) is 0 Å². The van der Waals surface area contributed by atoms with Gasteiger partial charge in [0.1, 0.15) is 18.1 Å². The lowest BCUT2D eigenvalue weighted by atomic mass is 10.1. The van der Waals surface area contributed by atoms with Crippen LogP contribution in [0.15, 0.2) is 49.0 Å². The summed E-state index contributed by atoms with van der Waals surface area (Å²) in [6.07, 6.45) is -0.834. The predicted octanol–water partition coefficient (Wildman–Crippen LogP) is 1.25. The largest absolute Gasteiger partial charge is 0.497 e. The number of fused-ring (bicyclic) bond motifs is 1. The van der Waals surface area contributed by atoms with Crippen LogP contribution in [-0.4, -0.2) is 45.3 Å². The summed E-state index contributed by atoms with van der Waals surface area (Å²) in [5.41, 5.74) is 6.24. The van der Waals surface area contributed by atoms with Gasteiger partial charge in [0, 0.05) is 11.6 Å². The van der Waals surface area contributed by atoms with Crippen LogP contribution in [0.5, 0.6) is 23.0 Å². The van der Waals surface area contributed by atoms with Gasteiger partial charge in [-0.25, -0.2) is 0 Å². The van der Waals surface area contributed by atoms with Crippen LogP contribution in [-0.2, 0) is 9.59 Å². The Kier molecular flexibility index (Phi) is 6.63. The molecule has 3 rings (SSSR count). The molecule has 9 nitrogen and oxygen atoms in total. The predicted molar refractivity (Wildman–Crippen MR) is 109 cm³/mol. The van der Waals surface area contributed by atoms with Gasteiger partial charge in [0.25, 0.3) is 11.8 Å². The molecular formula is C21H23N3O6. The number of carbonyl (C=O) groups is 2. The Labute approximate surface area is 173 Å². The molecule has 9 heteroatoms. The van der Waals surface area contributed by atoms with Crippen molar-refractivity contribution in [1.82, 2.24) is 16.2 Å². The Balaban J connectivity index is 1.46. The molecule has 0 saturated heterocycles. The first-order chi connectivity index (χ1) is 14.5. The van der Waals surface area contributed by atoms with Crippen molar-refractivity contribution >= 4 is 17.5 Å². The molecule has 1 atom stereocenters. The fourth-order valence-corrected chi connectivity index (χ4v) is 2.73. The Hall–Kier alpha value is -3.88. The molecule has 2 aromatic carbocycles. The SMILES string of the molecule is C=C(NNC(=O)CNC(=O)[C@H]1COc2ccccc2O1)c1ccc(OC)cc1OC. The minimum absolute atomic E-state index is 0.0663. The molecule has 1 heterocycles. The summed E-state index contributed by atoms with van der Waals surface area (Å²) in [5.74, 6) is 1.32. The van der Waals surface area contributed by atoms with Crippen LogP contribution in [0.4, 0.5) is 0 Å². The summed E-state index contributed by atoms with van der Waals surface area (Å²) in [7, 11) is 3.08. The Morgan fingerprint density at radius 3 is 2.60 bits per heavy atom. The lowest BCUT2D eigenvalue weighted by Gasteiger charge is -2.25. The second kappa shape index (κ2) is 9.55. The minimum atomic E-state index is -0.834. The molecular weight excluding hydrogens is 390 g/mol. The van der Waals surface area contributed by atoms with Crippen molar-refractivity contribution in [3.63, 3.8) is 0 Å². The number of hydrogen-bond acceptors (Lipinski definition) is 7. The Bertz CT molecular complexity index is 946. The lowest BCUT2D eigenvalue weighted by molar-refractivity contribution is -0.132. The highest BCUT2D eigenvalue weighted by Crippen LogP contribution is 2.31. The smallest absolute Gasteiger partial charge is 0.265 e. The zero-order valence-corrected chi connectivity index (χ0v) is 16.7. The van der Waals surface area contributed by atoms with E-state index in [1.165, 1.54) is 7.11 Å². The van der Waals surface area contributed by atoms with Crippen molar-refractivity contribution in [2.24, 2.45) is 0 Å². The third-order valence-corrected chi connectivity index (χ3v) is 4.31. The second-order valence-electron chi connectivity index (χ2n) is 6.30. The first-order valence-electron chi connectivity index (χ1n) is 9.14. The maximum Gasteiger partial charge on any atom is 0.265 e. The van der Waals surface area contributed by atoms with Crippen molar-refractivity contribution in [2.45, 2.75) is 6.10 Å².